The summed E-state index contributed by atoms with van der Waals surface area (Å²) in [6.07, 6.45) is 9.12. The maximum atomic E-state index is 10.2. The van der Waals surface area contributed by atoms with Crippen molar-refractivity contribution in [2.45, 2.75) is 83.5 Å². The van der Waals surface area contributed by atoms with E-state index in [1.54, 1.807) is 0 Å². The molecule has 0 amide bonds. The third-order valence-corrected chi connectivity index (χ3v) is 22.1. The summed E-state index contributed by atoms with van der Waals surface area (Å²) in [5.41, 5.74) is 2.44. The summed E-state index contributed by atoms with van der Waals surface area (Å²) in [7, 11) is 0. The van der Waals surface area contributed by atoms with Crippen molar-refractivity contribution in [3.05, 3.63) is 42.5 Å². The van der Waals surface area contributed by atoms with Crippen LogP contribution in [0.25, 0.3) is 5.57 Å². The number of allylic oxidation sites excluding steroid dienone is 1. The van der Waals surface area contributed by atoms with Gasteiger partial charge in [-0.2, -0.15) is 0 Å². The molecule has 0 unspecified atom stereocenters. The molecule has 0 saturated carbocycles. The monoisotopic (exact) mass is 466 g/mol. The second kappa shape index (κ2) is 13.8. The normalized spacial score (nSPS) is 12.9. The molecule has 0 spiro atoms. The third-order valence-electron chi connectivity index (χ3n) is 5.88. The van der Waals surface area contributed by atoms with Gasteiger partial charge in [-0.15, -0.1) is 0 Å². The van der Waals surface area contributed by atoms with Crippen LogP contribution in [0.5, 0.6) is 0 Å². The Balaban J connectivity index is 2.86. The first-order chi connectivity index (χ1) is 12.6. The average molecular weight is 465 g/mol. The Kier molecular flexibility index (Phi) is 12.6. The summed E-state index contributed by atoms with van der Waals surface area (Å²) in [4.78, 5) is 0. The van der Waals surface area contributed by atoms with Crippen LogP contribution in [0.2, 0.25) is 17.7 Å². The molecular weight excluding hydrogens is 423 g/mol. The van der Waals surface area contributed by atoms with Crippen LogP contribution in [0.1, 0.15) is 71.3 Å². The van der Waals surface area contributed by atoms with Crippen LogP contribution in [0.4, 0.5) is 0 Å². The molecule has 0 heterocycles. The summed E-state index contributed by atoms with van der Waals surface area (Å²) < 4.78 is 5.94. The Morgan fingerprint density at radius 1 is 0.923 bits per heavy atom. The van der Waals surface area contributed by atoms with Gasteiger partial charge in [-0.1, -0.05) is 0 Å². The maximum absolute atomic E-state index is 10.2. The first-order valence-electron chi connectivity index (χ1n) is 10.9. The van der Waals surface area contributed by atoms with E-state index >= 15 is 0 Å². The van der Waals surface area contributed by atoms with E-state index in [4.69, 9.17) is 0 Å². The summed E-state index contributed by atoms with van der Waals surface area (Å²) in [6.45, 7) is 11.7. The van der Waals surface area contributed by atoms with Crippen molar-refractivity contribution in [3.63, 3.8) is 0 Å². The number of hydrogen-bond donors (Lipinski definition) is 1. The van der Waals surface area contributed by atoms with Gasteiger partial charge in [0, 0.05) is 0 Å². The van der Waals surface area contributed by atoms with Gasteiger partial charge in [0.2, 0.25) is 0 Å². The van der Waals surface area contributed by atoms with Gasteiger partial charge in [-0.05, 0) is 0 Å². The Hall–Kier alpha value is -0.281. The standard InChI is InChI=1S/C12H15O.3C4H9.Sn/c1-10(9-13)8-11(2)12-6-4-3-5-7-12;3*1-3-4-2;/h3-7,10,13H,1-2,8-9H2;3*1,3-4H2,2H3;/t10-;;;;/m0..../s1. The van der Waals surface area contributed by atoms with Gasteiger partial charge in [0.05, 0.1) is 0 Å². The predicted octanol–water partition coefficient (Wildman–Crippen LogP) is 7.55. The zero-order valence-electron chi connectivity index (χ0n) is 17.6. The summed E-state index contributed by atoms with van der Waals surface area (Å²) >= 11 is -2.19. The molecule has 0 aromatic heterocycles. The van der Waals surface area contributed by atoms with Gasteiger partial charge >= 0.3 is 168 Å². The van der Waals surface area contributed by atoms with E-state index < -0.39 is 18.4 Å². The van der Waals surface area contributed by atoms with E-state index in [1.165, 1.54) is 67.4 Å². The molecule has 0 saturated heterocycles. The molecule has 1 N–H and O–H groups in total. The molecule has 1 nitrogen and oxygen atoms in total. The van der Waals surface area contributed by atoms with Crippen molar-refractivity contribution < 1.29 is 5.11 Å². The van der Waals surface area contributed by atoms with Crippen molar-refractivity contribution in [2.75, 3.05) is 6.61 Å². The molecule has 0 radical (unpaired) electrons. The molecule has 148 valence electrons. The molecule has 1 aromatic carbocycles. The van der Waals surface area contributed by atoms with E-state index in [2.05, 4.69) is 57.7 Å². The van der Waals surface area contributed by atoms with Gasteiger partial charge in [0.15, 0.2) is 0 Å². The molecule has 0 aliphatic heterocycles. The summed E-state index contributed by atoms with van der Waals surface area (Å²) in [5, 5.41) is 10.2. The Labute approximate surface area is 167 Å². The zero-order chi connectivity index (χ0) is 19.3. The molecule has 1 atom stereocenters. The Morgan fingerprint density at radius 3 is 1.85 bits per heavy atom. The first-order valence-corrected chi connectivity index (χ1v) is 19.0. The van der Waals surface area contributed by atoms with Gasteiger partial charge < -0.3 is 0 Å². The van der Waals surface area contributed by atoms with Crippen molar-refractivity contribution >= 4 is 24.0 Å². The molecule has 2 heteroatoms. The SMILES string of the molecule is C=C(C[C@@H](CO)[CH2][Sn]([CH2]CCC)([CH2]CCC)[CH2]CCC)c1ccccc1. The fourth-order valence-corrected chi connectivity index (χ4v) is 21.9. The molecule has 0 aliphatic rings. The Bertz CT molecular complexity index is 460. The van der Waals surface area contributed by atoms with Crippen LogP contribution in [-0.4, -0.2) is 30.1 Å². The number of benzene rings is 1. The summed E-state index contributed by atoms with van der Waals surface area (Å²) in [6, 6.07) is 10.5. The van der Waals surface area contributed by atoms with Crippen molar-refractivity contribution in [1.29, 1.82) is 0 Å². The summed E-state index contributed by atoms with van der Waals surface area (Å²) in [5.74, 6) is 0.420. The van der Waals surface area contributed by atoms with Crippen LogP contribution in [0.3, 0.4) is 0 Å². The van der Waals surface area contributed by atoms with Gasteiger partial charge in [0.25, 0.3) is 0 Å². The molecule has 1 aromatic rings. The Morgan fingerprint density at radius 2 is 1.42 bits per heavy atom. The van der Waals surface area contributed by atoms with Crippen LogP contribution >= 0.6 is 0 Å². The van der Waals surface area contributed by atoms with Crippen LogP contribution in [0.15, 0.2) is 36.9 Å². The van der Waals surface area contributed by atoms with E-state index in [1.807, 2.05) is 0 Å². The number of unbranched alkanes of at least 4 members (excludes halogenated alkanes) is 3. The van der Waals surface area contributed by atoms with Crippen LogP contribution in [0, 0.1) is 5.92 Å². The molecule has 1 rings (SSSR count). The fourth-order valence-electron chi connectivity index (χ4n) is 4.29. The van der Waals surface area contributed by atoms with E-state index in [0.717, 1.165) is 6.42 Å². The van der Waals surface area contributed by atoms with Gasteiger partial charge in [-0.3, -0.25) is 0 Å². The second-order valence-electron chi connectivity index (χ2n) is 8.24. The van der Waals surface area contributed by atoms with Crippen molar-refractivity contribution in [3.8, 4) is 0 Å². The fraction of sp³-hybridized carbons (Fsp3) is 0.667. The van der Waals surface area contributed by atoms with Crippen LogP contribution in [-0.2, 0) is 0 Å². The molecule has 0 fully saturated rings. The molecule has 0 aliphatic carbocycles. The minimum absolute atomic E-state index is 0.328. The molecular formula is C24H42OSn. The predicted molar refractivity (Wildman–Crippen MR) is 120 cm³/mol. The van der Waals surface area contributed by atoms with Gasteiger partial charge in [0.1, 0.15) is 0 Å². The number of hydrogen-bond acceptors (Lipinski definition) is 1. The number of rotatable bonds is 15. The topological polar surface area (TPSA) is 20.2 Å². The second-order valence-corrected chi connectivity index (χ2v) is 22.2. The average Bonchev–Trinajstić information content (AvgIpc) is 2.68. The van der Waals surface area contributed by atoms with Gasteiger partial charge in [-0.25, -0.2) is 0 Å². The minimum atomic E-state index is -2.19. The van der Waals surface area contributed by atoms with E-state index in [9.17, 15) is 5.11 Å². The van der Waals surface area contributed by atoms with Crippen LogP contribution < -0.4 is 0 Å². The quantitative estimate of drug-likeness (QED) is 0.265. The van der Waals surface area contributed by atoms with E-state index in [0.29, 0.717) is 12.5 Å². The first kappa shape index (κ1) is 23.8. The number of aliphatic hydroxyl groups excluding tert-OH is 1. The van der Waals surface area contributed by atoms with Crippen molar-refractivity contribution in [1.82, 2.24) is 0 Å². The zero-order valence-corrected chi connectivity index (χ0v) is 20.5. The third kappa shape index (κ3) is 8.60. The molecule has 0 bridgehead atoms. The molecule has 26 heavy (non-hydrogen) atoms. The number of aliphatic hydroxyl groups is 1. The van der Waals surface area contributed by atoms with E-state index in [-0.39, 0.29) is 0 Å². The van der Waals surface area contributed by atoms with Crippen molar-refractivity contribution in [2.24, 2.45) is 5.92 Å².